The molecule has 18 rings (SSSR count). The first-order chi connectivity index (χ1) is 71.0. The van der Waals surface area contributed by atoms with E-state index in [4.69, 9.17) is 74.8 Å². The first-order valence-electron chi connectivity index (χ1n) is 47.1. The monoisotopic (exact) mass is 2050 g/mol. The number of carbonyl (C=O) groups excluding carboxylic acids is 6. The standard InChI is InChI=1S/C20H20FN3O2.C20H21N3O2.C19H17Cl2N3O2.C18H16ClN3O2.C18H17N3O2.C17H14ClN3O2/c1-4-24(5-2)20(25)26-19-15-8-6-7-9-17(15)22-18(23-19)14-10-11-16(21)13(3)12-14;1-4-23(5-2)20(24)25-19-16-8-6-7-9-17(16)21-18(22-19)15-12-10-14(3)11-13-15;1-3-24(4-2)19(25)26-18-12-8-5-6-11-15(12)22-17(23-18)16-13(20)9-7-10-14(16)21;1-3-22(2)18(23)24-17-13-9-5-7-11-15(13)20-16(21-17)12-8-4-6-10-14(12)19;1-3-21(2)18(22)23-17-14-11-7-8-12-15(14)19-16(20-17)13-9-5-4-6-10-13;1-21(2)17(22)23-16-12-8-4-6-10-14(12)19-15(20-16)11-7-3-5-9-13(11)18/h6-12H,4-5H2,1-3H3;6-13H,4-5H2,1-3H3;5-11H,3-4H2,1-2H3;4-11H,3H2,1-2H3;4-12H,3H2,1-2H3;3-10H,1-2H3. The Morgan fingerprint density at radius 3 is 0.837 bits per heavy atom. The zero-order chi connectivity index (χ0) is 105. The number of aryl methyl sites for hydroxylation is 2. The predicted molar refractivity (Wildman–Crippen MR) is 575 cm³/mol. The molecule has 0 unspecified atom stereocenters. The highest BCUT2D eigenvalue weighted by atomic mass is 35.5. The lowest BCUT2D eigenvalue weighted by Crippen LogP contribution is -2.33. The van der Waals surface area contributed by atoms with Crippen LogP contribution in [-0.4, -0.2) is 206 Å². The predicted octanol–water partition coefficient (Wildman–Crippen LogP) is 26.6. The molecule has 0 atom stereocenters. The largest absolute Gasteiger partial charge is 0.416 e. The van der Waals surface area contributed by atoms with Crippen molar-refractivity contribution in [2.24, 2.45) is 0 Å². The Kier molecular flexibility index (Phi) is 37.8. The van der Waals surface area contributed by atoms with Gasteiger partial charge in [-0.05, 0) is 202 Å². The maximum atomic E-state index is 13.6. The van der Waals surface area contributed by atoms with Crippen molar-refractivity contribution in [2.75, 3.05) is 80.5 Å². The summed E-state index contributed by atoms with van der Waals surface area (Å²) in [5.41, 5.74) is 10.1. The molecule has 0 saturated heterocycles. The summed E-state index contributed by atoms with van der Waals surface area (Å²) in [7, 11) is 6.58. The van der Waals surface area contributed by atoms with Crippen LogP contribution in [0.3, 0.4) is 0 Å². The summed E-state index contributed by atoms with van der Waals surface area (Å²) in [4.78, 5) is 136. The highest BCUT2D eigenvalue weighted by Gasteiger charge is 2.26. The normalized spacial score (nSPS) is 10.7. The molecule has 0 radical (unpaired) electrons. The fourth-order valence-electron chi connectivity index (χ4n) is 14.2. The second-order valence-corrected chi connectivity index (χ2v) is 34.2. The number of carbonyl (C=O) groups is 6. The van der Waals surface area contributed by atoms with Gasteiger partial charge in [-0.1, -0.05) is 210 Å². The summed E-state index contributed by atoms with van der Waals surface area (Å²) >= 11 is 25.0. The topological polar surface area (TPSA) is 332 Å². The molecule has 6 heterocycles. The molecule has 30 nitrogen and oxygen atoms in total. The molecular weight excluding hydrogens is 1950 g/mol. The van der Waals surface area contributed by atoms with Gasteiger partial charge in [-0.3, -0.25) is 0 Å². The lowest BCUT2D eigenvalue weighted by atomic mass is 10.1. The number of amides is 6. The third-order valence-electron chi connectivity index (χ3n) is 22.7. The summed E-state index contributed by atoms with van der Waals surface area (Å²) in [6.45, 7) is 23.3. The molecule has 0 spiro atoms. The number of hydrogen-bond donors (Lipinski definition) is 0. The third kappa shape index (κ3) is 27.5. The van der Waals surface area contributed by atoms with E-state index in [9.17, 15) is 33.2 Å². The van der Waals surface area contributed by atoms with Crippen molar-refractivity contribution >= 4 is 148 Å². The van der Waals surface area contributed by atoms with Crippen LogP contribution >= 0.6 is 46.4 Å². The fraction of sp³-hybridized carbons (Fsp3) is 0.196. The molecule has 6 aromatic heterocycles. The van der Waals surface area contributed by atoms with E-state index in [1.54, 1.807) is 104 Å². The van der Waals surface area contributed by atoms with Crippen molar-refractivity contribution < 1.29 is 61.6 Å². The molecule has 12 aromatic carbocycles. The van der Waals surface area contributed by atoms with Crippen molar-refractivity contribution in [1.29, 1.82) is 0 Å². The smallest absolute Gasteiger partial charge is 0.390 e. The molecule has 0 bridgehead atoms. The van der Waals surface area contributed by atoms with Gasteiger partial charge in [-0.15, -0.1) is 0 Å². The Labute approximate surface area is 869 Å². The summed E-state index contributed by atoms with van der Waals surface area (Å²) in [6, 6.07) is 86.4. The number of para-hydroxylation sites is 6. The lowest BCUT2D eigenvalue weighted by molar-refractivity contribution is 0.155. The van der Waals surface area contributed by atoms with E-state index >= 15 is 0 Å². The molecule has 0 saturated carbocycles. The van der Waals surface area contributed by atoms with Crippen LogP contribution in [0.2, 0.25) is 20.1 Å². The van der Waals surface area contributed by atoms with Crippen LogP contribution in [-0.2, 0) is 0 Å². The van der Waals surface area contributed by atoms with Crippen LogP contribution in [0.5, 0.6) is 35.3 Å². The summed E-state index contributed by atoms with van der Waals surface area (Å²) in [6.07, 6.45) is -2.72. The van der Waals surface area contributed by atoms with Crippen LogP contribution in [0.4, 0.5) is 33.2 Å². The van der Waals surface area contributed by atoms with E-state index in [-0.39, 0.29) is 41.1 Å². The Balaban J connectivity index is 0.000000147. The highest BCUT2D eigenvalue weighted by molar-refractivity contribution is 6.39. The third-order valence-corrected chi connectivity index (χ3v) is 24.0. The minimum Gasteiger partial charge on any atom is -0.390 e. The van der Waals surface area contributed by atoms with Gasteiger partial charge in [0.2, 0.25) is 35.3 Å². The van der Waals surface area contributed by atoms with Crippen molar-refractivity contribution in [1.82, 2.24) is 89.2 Å². The molecule has 6 amide bonds. The van der Waals surface area contributed by atoms with E-state index in [2.05, 4.69) is 59.8 Å². The quantitative estimate of drug-likeness (QED) is 0.0684. The molecule has 147 heavy (non-hydrogen) atoms. The Bertz CT molecular complexity index is 7730. The molecule has 0 aliphatic carbocycles. The molecule has 0 aliphatic heterocycles. The number of hydrogen-bond acceptors (Lipinski definition) is 24. The van der Waals surface area contributed by atoms with Gasteiger partial charge in [0, 0.05) is 108 Å². The van der Waals surface area contributed by atoms with Crippen LogP contribution in [0.25, 0.3) is 134 Å². The van der Waals surface area contributed by atoms with E-state index in [1.165, 1.54) is 20.8 Å². The van der Waals surface area contributed by atoms with E-state index in [0.717, 1.165) is 33.1 Å². The number of nitrogens with zero attached hydrogens (tertiary/aromatic N) is 18. The van der Waals surface area contributed by atoms with Gasteiger partial charge in [-0.2, -0.15) is 29.9 Å². The number of benzene rings is 12. The van der Waals surface area contributed by atoms with E-state index < -0.39 is 36.6 Å². The first-order valence-corrected chi connectivity index (χ1v) is 48.6. The number of ether oxygens (including phenoxy) is 6. The Morgan fingerprint density at radius 2 is 0.517 bits per heavy atom. The van der Waals surface area contributed by atoms with Gasteiger partial charge in [0.05, 0.1) is 91.1 Å². The van der Waals surface area contributed by atoms with Crippen molar-refractivity contribution in [3.63, 3.8) is 0 Å². The van der Waals surface area contributed by atoms with Crippen LogP contribution < -0.4 is 28.4 Å². The van der Waals surface area contributed by atoms with Crippen LogP contribution in [0.15, 0.2) is 285 Å². The van der Waals surface area contributed by atoms with E-state index in [0.29, 0.717) is 184 Å². The Morgan fingerprint density at radius 1 is 0.259 bits per heavy atom. The average Bonchev–Trinajstić information content (AvgIpc) is 0.813. The maximum absolute atomic E-state index is 13.6. The van der Waals surface area contributed by atoms with Gasteiger partial charge < -0.3 is 57.8 Å². The van der Waals surface area contributed by atoms with Crippen LogP contribution in [0.1, 0.15) is 66.5 Å². The zero-order valence-electron chi connectivity index (χ0n) is 83.1. The van der Waals surface area contributed by atoms with E-state index in [1.807, 2.05) is 287 Å². The SMILES string of the molecule is CCN(C)C(=O)Oc1nc(-c2ccccc2)nc2ccccc12.CCN(C)C(=O)Oc1nc(-c2ccccc2Cl)nc2ccccc12.CCN(CC)C(=O)Oc1nc(-c2c(Cl)cccc2Cl)nc2ccccc12.CCN(CC)C(=O)Oc1nc(-c2ccc(C)cc2)nc2ccccc12.CCN(CC)C(=O)Oc1nc(-c2ccc(F)c(C)c2)nc2ccccc12.CN(C)C(=O)Oc1nc(-c2ccccc2Cl)nc2ccccc12. The average molecular weight is 2060 g/mol. The van der Waals surface area contributed by atoms with Crippen molar-refractivity contribution in [3.05, 3.63) is 322 Å². The number of aromatic nitrogens is 12. The summed E-state index contributed by atoms with van der Waals surface area (Å²) in [5.74, 6) is 3.69. The van der Waals surface area contributed by atoms with Crippen molar-refractivity contribution in [3.8, 4) is 104 Å². The number of fused-ring (bicyclic) bond motifs is 6. The van der Waals surface area contributed by atoms with Gasteiger partial charge in [0.25, 0.3) is 0 Å². The molecule has 35 heteroatoms. The number of rotatable bonds is 20. The minimum atomic E-state index is -0.501. The fourth-order valence-corrected chi connectivity index (χ4v) is 15.2. The summed E-state index contributed by atoms with van der Waals surface area (Å²) < 4.78 is 46.6. The Hall–Kier alpha value is -16.6. The van der Waals surface area contributed by atoms with Gasteiger partial charge in [0.15, 0.2) is 34.9 Å². The molecule has 0 fully saturated rings. The number of halogens is 5. The molecule has 750 valence electrons. The zero-order valence-corrected chi connectivity index (χ0v) is 86.2. The second kappa shape index (κ2) is 51.6. The molecular formula is C112H105Cl4FN18O12. The second-order valence-electron chi connectivity index (χ2n) is 32.6. The highest BCUT2D eigenvalue weighted by Crippen LogP contribution is 2.39. The van der Waals surface area contributed by atoms with Gasteiger partial charge >= 0.3 is 36.6 Å². The van der Waals surface area contributed by atoms with Crippen molar-refractivity contribution in [2.45, 2.75) is 69.2 Å². The molecule has 0 aliphatic rings. The first kappa shape index (κ1) is 108. The minimum absolute atomic E-state index is 0.179. The lowest BCUT2D eigenvalue weighted by Gasteiger charge is -2.18. The summed E-state index contributed by atoms with van der Waals surface area (Å²) in [5, 5.41) is 5.98. The van der Waals surface area contributed by atoms with Gasteiger partial charge in [-0.25, -0.2) is 63.1 Å². The van der Waals surface area contributed by atoms with Gasteiger partial charge in [0.1, 0.15) is 5.82 Å². The molecule has 18 aromatic rings. The molecule has 0 N–H and O–H groups in total. The maximum Gasteiger partial charge on any atom is 0.416 e. The van der Waals surface area contributed by atoms with Crippen LogP contribution in [0, 0.1) is 19.7 Å².